The Balaban J connectivity index is 1.15. The molecule has 4 saturated carbocycles. The van der Waals surface area contributed by atoms with E-state index >= 15 is 0 Å². The van der Waals surface area contributed by atoms with Crippen LogP contribution < -0.4 is 0 Å². The van der Waals surface area contributed by atoms with Gasteiger partial charge in [0, 0.05) is 50.2 Å². The van der Waals surface area contributed by atoms with E-state index < -0.39 is 17.1 Å². The molecule has 6 rings (SSSR count). The Morgan fingerprint density at radius 3 is 2.55 bits per heavy atom. The van der Waals surface area contributed by atoms with E-state index in [0.29, 0.717) is 30.1 Å². The van der Waals surface area contributed by atoms with Crippen LogP contribution in [0, 0.1) is 46.3 Å². The van der Waals surface area contributed by atoms with Crippen LogP contribution in [-0.2, 0) is 33.3 Å². The molecule has 0 amide bonds. The molecule has 0 aromatic heterocycles. The Labute approximate surface area is 251 Å². The van der Waals surface area contributed by atoms with E-state index in [9.17, 15) is 14.7 Å². The van der Waals surface area contributed by atoms with Crippen molar-refractivity contribution in [3.8, 4) is 0 Å². The Bertz CT molecular complexity index is 1090. The fourth-order valence-electron chi connectivity index (χ4n) is 10.8. The lowest BCUT2D eigenvalue weighted by molar-refractivity contribution is -0.240. The zero-order valence-corrected chi connectivity index (χ0v) is 26.4. The minimum Gasteiger partial charge on any atom is -0.462 e. The van der Waals surface area contributed by atoms with Crippen molar-refractivity contribution in [1.82, 2.24) is 0 Å². The summed E-state index contributed by atoms with van der Waals surface area (Å²) in [6, 6.07) is 0. The van der Waals surface area contributed by atoms with Crippen LogP contribution in [0.5, 0.6) is 0 Å². The number of methoxy groups -OCH3 is 1. The second kappa shape index (κ2) is 11.1. The van der Waals surface area contributed by atoms with Crippen molar-refractivity contribution in [2.75, 3.05) is 20.3 Å². The summed E-state index contributed by atoms with van der Waals surface area (Å²) >= 11 is 0. The molecule has 8 nitrogen and oxygen atoms in total. The number of carbonyl (C=O) groups is 2. The van der Waals surface area contributed by atoms with Crippen molar-refractivity contribution in [3.63, 3.8) is 0 Å². The Morgan fingerprint density at radius 2 is 1.86 bits per heavy atom. The first-order valence-electron chi connectivity index (χ1n) is 16.5. The third-order valence-corrected chi connectivity index (χ3v) is 13.3. The highest BCUT2D eigenvalue weighted by Gasteiger charge is 2.71. The molecular weight excluding hydrogens is 536 g/mol. The van der Waals surface area contributed by atoms with Gasteiger partial charge in [-0.25, -0.2) is 4.79 Å². The summed E-state index contributed by atoms with van der Waals surface area (Å²) in [5.41, 5.74) is -0.391. The number of esters is 2. The van der Waals surface area contributed by atoms with Crippen molar-refractivity contribution in [1.29, 1.82) is 0 Å². The van der Waals surface area contributed by atoms with Crippen LogP contribution >= 0.6 is 0 Å². The number of hydrogen-bond donors (Lipinski definition) is 1. The first kappa shape index (κ1) is 30.5. The Morgan fingerprint density at radius 1 is 1.07 bits per heavy atom. The van der Waals surface area contributed by atoms with E-state index in [1.54, 1.807) is 13.2 Å². The largest absolute Gasteiger partial charge is 0.462 e. The molecule has 0 bridgehead atoms. The van der Waals surface area contributed by atoms with E-state index in [0.717, 1.165) is 63.5 Å². The summed E-state index contributed by atoms with van der Waals surface area (Å²) in [5.74, 6) is 1.18. The van der Waals surface area contributed by atoms with Gasteiger partial charge in [-0.3, -0.25) is 4.79 Å². The molecule has 236 valence electrons. The van der Waals surface area contributed by atoms with Gasteiger partial charge in [0.1, 0.15) is 12.7 Å². The Hall–Kier alpha value is -1.48. The van der Waals surface area contributed by atoms with Crippen molar-refractivity contribution < 1.29 is 38.4 Å². The van der Waals surface area contributed by atoms with E-state index in [2.05, 4.69) is 27.7 Å². The third-order valence-electron chi connectivity index (χ3n) is 13.3. The molecular formula is C34H52O8. The lowest BCUT2D eigenvalue weighted by Gasteiger charge is -2.63. The first-order chi connectivity index (χ1) is 19.9. The van der Waals surface area contributed by atoms with Gasteiger partial charge in [0.15, 0.2) is 6.29 Å². The number of hydrogen-bond acceptors (Lipinski definition) is 8. The summed E-state index contributed by atoms with van der Waals surface area (Å²) < 4.78 is 29.4. The van der Waals surface area contributed by atoms with E-state index in [4.69, 9.17) is 23.7 Å². The molecule has 1 saturated heterocycles. The molecule has 2 aliphatic heterocycles. The molecule has 0 spiro atoms. The number of aliphatic hydroxyl groups is 1. The second-order valence-electron chi connectivity index (χ2n) is 15.1. The topological polar surface area (TPSA) is 101 Å². The molecule has 0 aromatic rings. The molecule has 6 aliphatic rings. The molecule has 8 heteroatoms. The molecule has 4 aliphatic carbocycles. The SMILES string of the molecule is CO[C@H]1C[C@H](OC[C@H]2CC[C@@]3(C)[C@H](CC[C@@H]4[C@@H]3CC[C@]3(C)[C@@H](C5=CC(=O)OC5)[C@@H](OC(C)=O)C[C@]43O)C2)O[C@H](C)[C@@H]1C. The minimum absolute atomic E-state index is 0.120. The van der Waals surface area contributed by atoms with Crippen LogP contribution in [-0.4, -0.2) is 67.6 Å². The number of carbonyl (C=O) groups excluding carboxylic acids is 2. The number of rotatable bonds is 6. The number of ether oxygens (including phenoxy) is 5. The summed E-state index contributed by atoms with van der Waals surface area (Å²) in [5, 5.41) is 12.7. The maximum absolute atomic E-state index is 12.7. The molecule has 13 atom stereocenters. The molecule has 0 unspecified atom stereocenters. The van der Waals surface area contributed by atoms with Gasteiger partial charge >= 0.3 is 11.9 Å². The molecule has 2 heterocycles. The van der Waals surface area contributed by atoms with Crippen molar-refractivity contribution in [2.24, 2.45) is 46.3 Å². The van der Waals surface area contributed by atoms with Crippen molar-refractivity contribution >= 4 is 11.9 Å². The van der Waals surface area contributed by atoms with Gasteiger partial charge in [-0.15, -0.1) is 0 Å². The average Bonchev–Trinajstić information content (AvgIpc) is 3.45. The highest BCUT2D eigenvalue weighted by atomic mass is 16.7. The van der Waals surface area contributed by atoms with Crippen LogP contribution in [0.4, 0.5) is 0 Å². The predicted molar refractivity (Wildman–Crippen MR) is 155 cm³/mol. The van der Waals surface area contributed by atoms with Gasteiger partial charge < -0.3 is 28.8 Å². The van der Waals surface area contributed by atoms with Gasteiger partial charge in [0.25, 0.3) is 0 Å². The van der Waals surface area contributed by atoms with E-state index in [1.165, 1.54) is 6.92 Å². The fourth-order valence-corrected chi connectivity index (χ4v) is 10.8. The fraction of sp³-hybridized carbons (Fsp3) is 0.882. The second-order valence-corrected chi connectivity index (χ2v) is 15.1. The third kappa shape index (κ3) is 4.87. The Kier molecular flexibility index (Phi) is 8.11. The maximum Gasteiger partial charge on any atom is 0.331 e. The van der Waals surface area contributed by atoms with Crippen LogP contribution in [0.1, 0.15) is 92.4 Å². The quantitative estimate of drug-likeness (QED) is 0.423. The highest BCUT2D eigenvalue weighted by Crippen LogP contribution is 2.70. The average molecular weight is 589 g/mol. The summed E-state index contributed by atoms with van der Waals surface area (Å²) in [7, 11) is 1.78. The van der Waals surface area contributed by atoms with Crippen LogP contribution in [0.15, 0.2) is 11.6 Å². The van der Waals surface area contributed by atoms with Gasteiger partial charge in [-0.05, 0) is 86.5 Å². The summed E-state index contributed by atoms with van der Waals surface area (Å²) in [6.45, 7) is 11.3. The number of cyclic esters (lactones) is 1. The molecule has 0 radical (unpaired) electrons. The van der Waals surface area contributed by atoms with Crippen molar-refractivity contribution in [2.45, 2.75) is 123 Å². The van der Waals surface area contributed by atoms with E-state index in [1.807, 2.05) is 0 Å². The van der Waals surface area contributed by atoms with Gasteiger partial charge in [-0.2, -0.15) is 0 Å². The predicted octanol–water partition coefficient (Wildman–Crippen LogP) is 5.20. The molecule has 1 N–H and O–H groups in total. The molecule has 5 fully saturated rings. The summed E-state index contributed by atoms with van der Waals surface area (Å²) in [6.07, 6.45) is 9.83. The van der Waals surface area contributed by atoms with Crippen LogP contribution in [0.3, 0.4) is 0 Å². The van der Waals surface area contributed by atoms with E-state index in [-0.39, 0.29) is 54.3 Å². The molecule has 42 heavy (non-hydrogen) atoms. The monoisotopic (exact) mass is 588 g/mol. The van der Waals surface area contributed by atoms with Crippen LogP contribution in [0.2, 0.25) is 0 Å². The zero-order valence-electron chi connectivity index (χ0n) is 26.4. The van der Waals surface area contributed by atoms with Gasteiger partial charge in [0.05, 0.1) is 24.4 Å². The lowest BCUT2D eigenvalue weighted by atomic mass is 9.43. The van der Waals surface area contributed by atoms with Gasteiger partial charge in [-0.1, -0.05) is 20.8 Å². The maximum atomic E-state index is 12.7. The smallest absolute Gasteiger partial charge is 0.331 e. The zero-order chi connectivity index (χ0) is 30.0. The molecule has 0 aromatic carbocycles. The lowest BCUT2D eigenvalue weighted by Crippen LogP contribution is -2.62. The first-order valence-corrected chi connectivity index (χ1v) is 16.5. The van der Waals surface area contributed by atoms with Crippen molar-refractivity contribution in [3.05, 3.63) is 11.6 Å². The standard InChI is InChI=1S/C34H52O8/c1-19-20(2)41-30(15-27(19)38-6)40-17-22-9-11-32(4)24(13-22)7-8-26-25(32)10-12-33(5)31(23-14-29(36)39-18-23)28(42-21(3)35)16-34(26,33)37/h14,19-20,22,24-28,30-31,37H,7-13,15-18H2,1-6H3/t19-,20+,22-,24+,25-,26+,27-,28-,30+,31-,32-,33+,34-/m0/s1. The van der Waals surface area contributed by atoms with Gasteiger partial charge in [0.2, 0.25) is 0 Å². The summed E-state index contributed by atoms with van der Waals surface area (Å²) in [4.78, 5) is 24.2. The number of fused-ring (bicyclic) bond motifs is 5. The highest BCUT2D eigenvalue weighted by molar-refractivity contribution is 5.85. The minimum atomic E-state index is -0.953. The normalized spacial score (nSPS) is 50.3. The van der Waals surface area contributed by atoms with Crippen LogP contribution in [0.25, 0.3) is 0 Å².